The minimum atomic E-state index is 0.394. The van der Waals surface area contributed by atoms with Gasteiger partial charge < -0.3 is 10.5 Å². The number of hydrogen-bond acceptors (Lipinski definition) is 2. The minimum absolute atomic E-state index is 0.394. The van der Waals surface area contributed by atoms with E-state index < -0.39 is 0 Å². The quantitative estimate of drug-likeness (QED) is 0.565. The van der Waals surface area contributed by atoms with Crippen LogP contribution < -0.4 is 5.73 Å². The molecule has 0 fully saturated rings. The number of aryl methyl sites for hydroxylation is 1. The third-order valence-corrected chi connectivity index (χ3v) is 2.66. The van der Waals surface area contributed by atoms with Gasteiger partial charge in [-0.3, -0.25) is 0 Å². The van der Waals surface area contributed by atoms with Crippen molar-refractivity contribution in [3.8, 4) is 0 Å². The van der Waals surface area contributed by atoms with Crippen LogP contribution in [0.2, 0.25) is 0 Å². The molecule has 2 nitrogen and oxygen atoms in total. The first-order chi connectivity index (χ1) is 7.72. The van der Waals surface area contributed by atoms with Crippen molar-refractivity contribution in [3.63, 3.8) is 0 Å². The van der Waals surface area contributed by atoms with Gasteiger partial charge in [0.15, 0.2) is 0 Å². The zero-order valence-corrected chi connectivity index (χ0v) is 10.4. The SMILES string of the molecule is CCCC(C)OCCCc1cccc(N)c1. The average molecular weight is 221 g/mol. The second-order valence-electron chi connectivity index (χ2n) is 4.32. The lowest BCUT2D eigenvalue weighted by Gasteiger charge is -2.11. The molecule has 0 aliphatic rings. The van der Waals surface area contributed by atoms with Crippen LogP contribution in [0.25, 0.3) is 0 Å². The van der Waals surface area contributed by atoms with Crippen LogP contribution in [0.15, 0.2) is 24.3 Å². The van der Waals surface area contributed by atoms with E-state index in [1.54, 1.807) is 0 Å². The molecule has 16 heavy (non-hydrogen) atoms. The highest BCUT2D eigenvalue weighted by atomic mass is 16.5. The summed E-state index contributed by atoms with van der Waals surface area (Å²) in [7, 11) is 0. The maximum absolute atomic E-state index is 5.72. The molecular formula is C14H23NO. The van der Waals surface area contributed by atoms with Gasteiger partial charge in [0.25, 0.3) is 0 Å². The van der Waals surface area contributed by atoms with Crippen LogP contribution in [0.1, 0.15) is 38.7 Å². The van der Waals surface area contributed by atoms with Gasteiger partial charge >= 0.3 is 0 Å². The molecule has 1 aromatic carbocycles. The van der Waals surface area contributed by atoms with E-state index in [2.05, 4.69) is 19.9 Å². The average Bonchev–Trinajstić information content (AvgIpc) is 2.25. The molecule has 1 atom stereocenters. The van der Waals surface area contributed by atoms with Crippen LogP contribution in [0.4, 0.5) is 5.69 Å². The lowest BCUT2D eigenvalue weighted by molar-refractivity contribution is 0.0583. The second kappa shape index (κ2) is 7.29. The minimum Gasteiger partial charge on any atom is -0.399 e. The zero-order chi connectivity index (χ0) is 11.8. The summed E-state index contributed by atoms with van der Waals surface area (Å²) in [6.45, 7) is 5.17. The zero-order valence-electron chi connectivity index (χ0n) is 10.4. The van der Waals surface area contributed by atoms with Gasteiger partial charge in [-0.05, 0) is 43.9 Å². The lowest BCUT2D eigenvalue weighted by Crippen LogP contribution is -2.09. The highest BCUT2D eigenvalue weighted by molar-refractivity contribution is 5.40. The van der Waals surface area contributed by atoms with E-state index >= 15 is 0 Å². The third kappa shape index (κ3) is 5.17. The molecule has 90 valence electrons. The van der Waals surface area contributed by atoms with Gasteiger partial charge in [-0.15, -0.1) is 0 Å². The Bertz CT molecular complexity index is 299. The molecule has 0 aliphatic carbocycles. The Morgan fingerprint density at radius 2 is 2.19 bits per heavy atom. The van der Waals surface area contributed by atoms with Crippen LogP contribution in [0.5, 0.6) is 0 Å². The predicted molar refractivity (Wildman–Crippen MR) is 69.5 cm³/mol. The van der Waals surface area contributed by atoms with Gasteiger partial charge in [0.05, 0.1) is 6.10 Å². The van der Waals surface area contributed by atoms with Crippen molar-refractivity contribution < 1.29 is 4.74 Å². The van der Waals surface area contributed by atoms with E-state index in [4.69, 9.17) is 10.5 Å². The van der Waals surface area contributed by atoms with Crippen LogP contribution >= 0.6 is 0 Å². The molecule has 0 radical (unpaired) electrons. The van der Waals surface area contributed by atoms with E-state index in [0.29, 0.717) is 6.10 Å². The predicted octanol–water partition coefficient (Wildman–Crippen LogP) is 3.41. The Morgan fingerprint density at radius 1 is 1.38 bits per heavy atom. The Balaban J connectivity index is 2.16. The molecule has 0 saturated carbocycles. The maximum Gasteiger partial charge on any atom is 0.0546 e. The first kappa shape index (κ1) is 13.0. The van der Waals surface area contributed by atoms with E-state index in [1.807, 2.05) is 18.2 Å². The summed E-state index contributed by atoms with van der Waals surface area (Å²) >= 11 is 0. The first-order valence-corrected chi connectivity index (χ1v) is 6.18. The summed E-state index contributed by atoms with van der Waals surface area (Å²) in [6.07, 6.45) is 4.85. The highest BCUT2D eigenvalue weighted by Gasteiger charge is 2.00. The van der Waals surface area contributed by atoms with E-state index in [-0.39, 0.29) is 0 Å². The molecule has 1 aromatic rings. The van der Waals surface area contributed by atoms with E-state index in [9.17, 15) is 0 Å². The van der Waals surface area contributed by atoms with Gasteiger partial charge in [0.2, 0.25) is 0 Å². The van der Waals surface area contributed by atoms with Crippen LogP contribution in [-0.4, -0.2) is 12.7 Å². The van der Waals surface area contributed by atoms with Crippen molar-refractivity contribution in [2.24, 2.45) is 0 Å². The number of rotatable bonds is 7. The Morgan fingerprint density at radius 3 is 2.88 bits per heavy atom. The smallest absolute Gasteiger partial charge is 0.0546 e. The lowest BCUT2D eigenvalue weighted by atomic mass is 10.1. The standard InChI is InChI=1S/C14H23NO/c1-3-6-12(2)16-10-5-8-13-7-4-9-14(15)11-13/h4,7,9,11-12H,3,5-6,8,10,15H2,1-2H3. The van der Waals surface area contributed by atoms with Gasteiger partial charge in [0.1, 0.15) is 0 Å². The maximum atomic E-state index is 5.72. The number of hydrogen-bond donors (Lipinski definition) is 1. The molecular weight excluding hydrogens is 198 g/mol. The second-order valence-corrected chi connectivity index (χ2v) is 4.32. The summed E-state index contributed by atoms with van der Waals surface area (Å²) in [5, 5.41) is 0. The summed E-state index contributed by atoms with van der Waals surface area (Å²) in [5.74, 6) is 0. The Hall–Kier alpha value is -1.02. The first-order valence-electron chi connectivity index (χ1n) is 6.18. The molecule has 0 aromatic heterocycles. The van der Waals surface area contributed by atoms with Crippen molar-refractivity contribution in [2.45, 2.75) is 45.6 Å². The largest absolute Gasteiger partial charge is 0.399 e. The molecule has 2 N–H and O–H groups in total. The monoisotopic (exact) mass is 221 g/mol. The number of benzene rings is 1. The fourth-order valence-corrected chi connectivity index (χ4v) is 1.80. The number of anilines is 1. The van der Waals surface area contributed by atoms with Crippen molar-refractivity contribution in [1.82, 2.24) is 0 Å². The van der Waals surface area contributed by atoms with Crippen molar-refractivity contribution >= 4 is 5.69 Å². The molecule has 0 amide bonds. The molecule has 2 heteroatoms. The normalized spacial score (nSPS) is 12.6. The third-order valence-electron chi connectivity index (χ3n) is 2.66. The van der Waals surface area contributed by atoms with Gasteiger partial charge in [0, 0.05) is 12.3 Å². The van der Waals surface area contributed by atoms with Crippen molar-refractivity contribution in [3.05, 3.63) is 29.8 Å². The number of nitrogens with two attached hydrogens (primary N) is 1. The van der Waals surface area contributed by atoms with Crippen LogP contribution in [0, 0.1) is 0 Å². The Labute approximate surface area is 98.8 Å². The number of ether oxygens (including phenoxy) is 1. The topological polar surface area (TPSA) is 35.2 Å². The summed E-state index contributed by atoms with van der Waals surface area (Å²) in [6, 6.07) is 8.08. The summed E-state index contributed by atoms with van der Waals surface area (Å²) < 4.78 is 5.70. The molecule has 1 rings (SSSR count). The summed E-state index contributed by atoms with van der Waals surface area (Å²) in [5.41, 5.74) is 7.86. The van der Waals surface area contributed by atoms with Gasteiger partial charge in [-0.25, -0.2) is 0 Å². The molecule has 0 spiro atoms. The number of nitrogen functional groups attached to an aromatic ring is 1. The Kier molecular flexibility index (Phi) is 5.94. The van der Waals surface area contributed by atoms with Crippen LogP contribution in [-0.2, 0) is 11.2 Å². The molecule has 1 unspecified atom stereocenters. The van der Waals surface area contributed by atoms with Gasteiger partial charge in [-0.1, -0.05) is 25.5 Å². The fourth-order valence-electron chi connectivity index (χ4n) is 1.80. The van der Waals surface area contributed by atoms with Crippen LogP contribution in [0.3, 0.4) is 0 Å². The van der Waals surface area contributed by atoms with Crippen molar-refractivity contribution in [1.29, 1.82) is 0 Å². The molecule has 0 saturated heterocycles. The summed E-state index contributed by atoms with van der Waals surface area (Å²) in [4.78, 5) is 0. The fraction of sp³-hybridized carbons (Fsp3) is 0.571. The van der Waals surface area contributed by atoms with Crippen molar-refractivity contribution in [2.75, 3.05) is 12.3 Å². The van der Waals surface area contributed by atoms with Gasteiger partial charge in [-0.2, -0.15) is 0 Å². The highest BCUT2D eigenvalue weighted by Crippen LogP contribution is 2.09. The van der Waals surface area contributed by atoms with E-state index in [1.165, 1.54) is 12.0 Å². The van der Waals surface area contributed by atoms with E-state index in [0.717, 1.165) is 31.6 Å². The molecule has 0 aliphatic heterocycles. The molecule has 0 bridgehead atoms. The molecule has 0 heterocycles.